The molecule has 184 valence electrons. The third-order valence-corrected chi connectivity index (χ3v) is 4.58. The summed E-state index contributed by atoms with van der Waals surface area (Å²) in [4.78, 5) is 46.4. The third kappa shape index (κ3) is 8.90. The molecule has 8 nitrogen and oxygen atoms in total. The van der Waals surface area contributed by atoms with Crippen molar-refractivity contribution in [1.82, 2.24) is 0 Å². The predicted octanol–water partition coefficient (Wildman–Crippen LogP) is 4.63. The topological polar surface area (TPSA) is 105 Å². The molecule has 0 saturated heterocycles. The maximum absolute atomic E-state index is 11.9. The zero-order chi connectivity index (χ0) is 25.6. The van der Waals surface area contributed by atoms with Crippen LogP contribution >= 0.6 is 0 Å². The lowest BCUT2D eigenvalue weighted by atomic mass is 10.4. The normalized spacial score (nSPS) is 19.2. The van der Waals surface area contributed by atoms with E-state index in [0.29, 0.717) is 12.2 Å². The Hall–Kier alpha value is -4.72. The molecule has 0 unspecified atom stereocenters. The van der Waals surface area contributed by atoms with Gasteiger partial charge in [-0.1, -0.05) is 60.8 Å². The fraction of sp³-hybridized carbons (Fsp3) is 0.143. The summed E-state index contributed by atoms with van der Waals surface area (Å²) >= 11 is 0. The minimum atomic E-state index is -0.877. The van der Waals surface area contributed by atoms with Gasteiger partial charge in [-0.3, -0.25) is 0 Å². The average Bonchev–Trinajstić information content (AvgIpc) is 3.68. The zero-order valence-corrected chi connectivity index (χ0v) is 19.3. The van der Waals surface area contributed by atoms with Crippen molar-refractivity contribution in [2.24, 2.45) is 0 Å². The van der Waals surface area contributed by atoms with Crippen LogP contribution in [0.25, 0.3) is 0 Å². The number of hydrogen-bond donors (Lipinski definition) is 0. The van der Waals surface area contributed by atoms with Crippen LogP contribution < -0.4 is 0 Å². The number of esters is 4. The molecule has 0 bridgehead atoms. The molecule has 4 aliphatic carbocycles. The summed E-state index contributed by atoms with van der Waals surface area (Å²) < 4.78 is 20.0. The van der Waals surface area contributed by atoms with E-state index in [1.807, 2.05) is 6.08 Å². The fourth-order valence-corrected chi connectivity index (χ4v) is 2.95. The van der Waals surface area contributed by atoms with E-state index in [0.717, 1.165) is 37.1 Å². The van der Waals surface area contributed by atoms with Crippen molar-refractivity contribution in [2.45, 2.75) is 25.7 Å². The highest BCUT2D eigenvalue weighted by atomic mass is 16.6. The molecule has 5 aliphatic rings. The van der Waals surface area contributed by atoms with E-state index >= 15 is 0 Å². The SMILES string of the molecule is C1=CCC=C1.C1=CCC=C1.O=C(/C=C\C(=O)OC1=C2OC(=O)/C=C\C(=O)OC2=CC1)OC1=CC=CC1. The molecule has 0 saturated carbocycles. The number of carbonyl (C=O) groups is 4. The molecule has 36 heavy (non-hydrogen) atoms. The van der Waals surface area contributed by atoms with Gasteiger partial charge >= 0.3 is 23.9 Å². The van der Waals surface area contributed by atoms with Gasteiger partial charge in [0.1, 0.15) is 5.76 Å². The first-order valence-corrected chi connectivity index (χ1v) is 11.2. The Morgan fingerprint density at radius 2 is 1.31 bits per heavy atom. The molecule has 0 radical (unpaired) electrons. The van der Waals surface area contributed by atoms with E-state index in [9.17, 15) is 19.2 Å². The Kier molecular flexibility index (Phi) is 9.97. The van der Waals surface area contributed by atoms with Gasteiger partial charge in [0.25, 0.3) is 0 Å². The molecular formula is C28H24O8. The molecule has 0 atom stereocenters. The monoisotopic (exact) mass is 488 g/mol. The van der Waals surface area contributed by atoms with Gasteiger partial charge in [-0.05, 0) is 25.0 Å². The summed E-state index contributed by atoms with van der Waals surface area (Å²) in [5.74, 6) is -2.87. The Bertz CT molecular complexity index is 1150. The van der Waals surface area contributed by atoms with E-state index < -0.39 is 23.9 Å². The average molecular weight is 488 g/mol. The summed E-state index contributed by atoms with van der Waals surface area (Å²) in [7, 11) is 0. The molecule has 1 heterocycles. The van der Waals surface area contributed by atoms with E-state index in [1.165, 1.54) is 6.08 Å². The van der Waals surface area contributed by atoms with E-state index in [-0.39, 0.29) is 23.7 Å². The van der Waals surface area contributed by atoms with Crippen molar-refractivity contribution in [1.29, 1.82) is 0 Å². The zero-order valence-electron chi connectivity index (χ0n) is 19.3. The van der Waals surface area contributed by atoms with Gasteiger partial charge in [-0.2, -0.15) is 0 Å². The summed E-state index contributed by atoms with van der Waals surface area (Å²) in [5.41, 5.74) is 0. The molecule has 1 aliphatic heterocycles. The molecule has 0 aromatic rings. The summed E-state index contributed by atoms with van der Waals surface area (Å²) in [6.45, 7) is 0. The first kappa shape index (κ1) is 25.9. The van der Waals surface area contributed by atoms with Crippen LogP contribution in [-0.4, -0.2) is 23.9 Å². The van der Waals surface area contributed by atoms with Crippen LogP contribution in [0, 0.1) is 0 Å². The highest BCUT2D eigenvalue weighted by molar-refractivity contribution is 5.94. The second-order valence-electron chi connectivity index (χ2n) is 7.33. The Labute approximate surface area is 208 Å². The standard InChI is InChI=1S/C18H12O8.2C5H6/c19-14(23-11-3-1-2-4-11)7-8-15(20)24-12-5-6-13-18(12)26-17(22)10-9-16(21)25-13;2*1-2-4-5-3-1/h1-3,6-10H,4-5H2;2*1-4H,5H2/b8-7-,10-9-;;. The van der Waals surface area contributed by atoms with Gasteiger partial charge in [0.2, 0.25) is 5.76 Å². The van der Waals surface area contributed by atoms with Gasteiger partial charge < -0.3 is 18.9 Å². The summed E-state index contributed by atoms with van der Waals surface area (Å²) in [6.07, 6.45) is 29.8. The number of allylic oxidation sites excluding steroid dienone is 12. The van der Waals surface area contributed by atoms with Crippen molar-refractivity contribution < 1.29 is 38.1 Å². The van der Waals surface area contributed by atoms with Gasteiger partial charge in [0, 0.05) is 37.1 Å². The third-order valence-electron chi connectivity index (χ3n) is 4.58. The first-order valence-electron chi connectivity index (χ1n) is 11.2. The largest absolute Gasteiger partial charge is 0.428 e. The van der Waals surface area contributed by atoms with Crippen LogP contribution in [-0.2, 0) is 38.1 Å². The van der Waals surface area contributed by atoms with Gasteiger partial charge in [0.05, 0.1) is 0 Å². The molecule has 0 fully saturated rings. The number of fused-ring (bicyclic) bond motifs is 1. The van der Waals surface area contributed by atoms with Crippen molar-refractivity contribution in [3.05, 3.63) is 120 Å². The number of carbonyl (C=O) groups excluding carboxylic acids is 4. The molecule has 0 aromatic carbocycles. The Morgan fingerprint density at radius 1 is 0.722 bits per heavy atom. The fourth-order valence-electron chi connectivity index (χ4n) is 2.95. The molecule has 0 amide bonds. The Balaban J connectivity index is 0.000000297. The summed E-state index contributed by atoms with van der Waals surface area (Å²) in [6, 6.07) is 0. The molecule has 8 heteroatoms. The first-order chi connectivity index (χ1) is 17.5. The highest BCUT2D eigenvalue weighted by Crippen LogP contribution is 2.30. The van der Waals surface area contributed by atoms with Crippen molar-refractivity contribution in [3.8, 4) is 0 Å². The van der Waals surface area contributed by atoms with Crippen molar-refractivity contribution in [3.63, 3.8) is 0 Å². The highest BCUT2D eigenvalue weighted by Gasteiger charge is 2.28. The Morgan fingerprint density at radius 3 is 1.83 bits per heavy atom. The van der Waals surface area contributed by atoms with Gasteiger partial charge in [-0.15, -0.1) is 0 Å². The minimum absolute atomic E-state index is 0.0119. The molecular weight excluding hydrogens is 464 g/mol. The number of ether oxygens (including phenoxy) is 4. The number of rotatable bonds is 4. The quantitative estimate of drug-likeness (QED) is 0.320. The second kappa shape index (κ2) is 13.9. The van der Waals surface area contributed by atoms with Gasteiger partial charge in [0.15, 0.2) is 11.5 Å². The second-order valence-corrected chi connectivity index (χ2v) is 7.33. The molecule has 0 aromatic heterocycles. The molecule has 0 spiro atoms. The van der Waals surface area contributed by atoms with E-state index in [4.69, 9.17) is 18.9 Å². The minimum Gasteiger partial charge on any atom is -0.428 e. The van der Waals surface area contributed by atoms with E-state index in [2.05, 4.69) is 48.6 Å². The summed E-state index contributed by atoms with van der Waals surface area (Å²) in [5, 5.41) is 0. The van der Waals surface area contributed by atoms with Crippen LogP contribution in [0.2, 0.25) is 0 Å². The van der Waals surface area contributed by atoms with Crippen LogP contribution in [0.3, 0.4) is 0 Å². The van der Waals surface area contributed by atoms with E-state index in [1.54, 1.807) is 12.2 Å². The van der Waals surface area contributed by atoms with Crippen LogP contribution in [0.1, 0.15) is 25.7 Å². The maximum atomic E-state index is 11.9. The smallest absolute Gasteiger partial charge is 0.336 e. The lowest BCUT2D eigenvalue weighted by Crippen LogP contribution is -2.13. The maximum Gasteiger partial charge on any atom is 0.336 e. The lowest BCUT2D eigenvalue weighted by Gasteiger charge is -2.11. The van der Waals surface area contributed by atoms with Gasteiger partial charge in [-0.25, -0.2) is 19.2 Å². The van der Waals surface area contributed by atoms with Crippen LogP contribution in [0.15, 0.2) is 120 Å². The lowest BCUT2D eigenvalue weighted by molar-refractivity contribution is -0.141. The van der Waals surface area contributed by atoms with Crippen molar-refractivity contribution in [2.75, 3.05) is 0 Å². The molecule has 5 rings (SSSR count). The molecule has 0 N–H and O–H groups in total. The number of hydrogen-bond acceptors (Lipinski definition) is 8. The van der Waals surface area contributed by atoms with Crippen molar-refractivity contribution >= 4 is 23.9 Å². The predicted molar refractivity (Wildman–Crippen MR) is 130 cm³/mol. The van der Waals surface area contributed by atoms with Crippen LogP contribution in [0.5, 0.6) is 0 Å². The van der Waals surface area contributed by atoms with Crippen LogP contribution in [0.4, 0.5) is 0 Å².